The Kier molecular flexibility index (Phi) is 8.44. The first-order valence-electron chi connectivity index (χ1n) is 12.8. The number of rotatable bonds is 9. The van der Waals surface area contributed by atoms with Gasteiger partial charge in [0.1, 0.15) is 18.1 Å². The van der Waals surface area contributed by atoms with Crippen LogP contribution in [0.15, 0.2) is 72.9 Å². The molecule has 39 heavy (non-hydrogen) atoms. The predicted molar refractivity (Wildman–Crippen MR) is 151 cm³/mol. The lowest BCUT2D eigenvalue weighted by Crippen LogP contribution is -2.40. The van der Waals surface area contributed by atoms with E-state index in [1.54, 1.807) is 7.11 Å². The molecule has 1 N–H and O–H groups in total. The van der Waals surface area contributed by atoms with Crippen molar-refractivity contribution in [2.24, 2.45) is 5.92 Å². The number of imidazole rings is 1. The highest BCUT2D eigenvalue weighted by Gasteiger charge is 2.22. The van der Waals surface area contributed by atoms with Gasteiger partial charge in [-0.25, -0.2) is 9.37 Å². The lowest BCUT2D eigenvalue weighted by molar-refractivity contribution is -0.117. The number of nitrogens with zero attached hydrogens (tertiary/aromatic N) is 3. The Balaban J connectivity index is 1.64. The van der Waals surface area contributed by atoms with E-state index in [0.717, 1.165) is 28.1 Å². The van der Waals surface area contributed by atoms with Gasteiger partial charge in [0.15, 0.2) is 0 Å². The normalized spacial score (nSPS) is 10.9. The maximum absolute atomic E-state index is 13.4. The molecule has 4 aromatic rings. The molecule has 0 fully saturated rings. The van der Waals surface area contributed by atoms with Crippen molar-refractivity contribution in [2.45, 2.75) is 27.7 Å². The zero-order chi connectivity index (χ0) is 28.1. The Morgan fingerprint density at radius 2 is 1.69 bits per heavy atom. The van der Waals surface area contributed by atoms with Crippen molar-refractivity contribution in [3.8, 4) is 22.7 Å². The molecule has 0 aliphatic carbocycles. The van der Waals surface area contributed by atoms with E-state index in [0.29, 0.717) is 23.8 Å². The molecule has 7 nitrogen and oxygen atoms in total. The van der Waals surface area contributed by atoms with Crippen molar-refractivity contribution >= 4 is 17.8 Å². The van der Waals surface area contributed by atoms with Crippen LogP contribution < -0.4 is 10.1 Å². The van der Waals surface area contributed by atoms with Crippen LogP contribution in [0.5, 0.6) is 5.75 Å². The fraction of sp³-hybridized carbons (Fsp3) is 0.258. The van der Waals surface area contributed by atoms with E-state index < -0.39 is 5.82 Å². The van der Waals surface area contributed by atoms with Crippen molar-refractivity contribution < 1.29 is 18.7 Å². The summed E-state index contributed by atoms with van der Waals surface area (Å²) in [6.07, 6.45) is 1.87. The Morgan fingerprint density at radius 3 is 2.31 bits per heavy atom. The number of benzene rings is 3. The van der Waals surface area contributed by atoms with Gasteiger partial charge in [0.2, 0.25) is 11.9 Å². The minimum absolute atomic E-state index is 0.126. The maximum Gasteiger partial charge on any atom is 0.254 e. The van der Waals surface area contributed by atoms with E-state index in [1.165, 1.54) is 29.2 Å². The fourth-order valence-corrected chi connectivity index (χ4v) is 4.21. The summed E-state index contributed by atoms with van der Waals surface area (Å²) in [4.78, 5) is 32.7. The van der Waals surface area contributed by atoms with Crippen LogP contribution in [0.1, 0.15) is 35.3 Å². The predicted octanol–water partition coefficient (Wildman–Crippen LogP) is 6.04. The Hall–Kier alpha value is -4.46. The lowest BCUT2D eigenvalue weighted by Gasteiger charge is -2.24. The molecule has 0 saturated heterocycles. The summed E-state index contributed by atoms with van der Waals surface area (Å²) in [5.74, 6) is 0.0509. The molecule has 0 saturated carbocycles. The average Bonchev–Trinajstić information content (AvgIpc) is 3.33. The summed E-state index contributed by atoms with van der Waals surface area (Å²) in [7, 11) is 1.61. The van der Waals surface area contributed by atoms with E-state index in [1.807, 2.05) is 80.9 Å². The zero-order valence-electron chi connectivity index (χ0n) is 22.9. The summed E-state index contributed by atoms with van der Waals surface area (Å²) in [6.45, 7) is 8.20. The molecule has 1 heterocycles. The monoisotopic (exact) mass is 528 g/mol. The number of aromatic nitrogens is 2. The van der Waals surface area contributed by atoms with Crippen LogP contribution in [-0.4, -0.2) is 46.5 Å². The first kappa shape index (κ1) is 27.6. The molecule has 3 aromatic carbocycles. The third-order valence-corrected chi connectivity index (χ3v) is 6.41. The van der Waals surface area contributed by atoms with Crippen LogP contribution in [0.3, 0.4) is 0 Å². The maximum atomic E-state index is 13.4. The number of nitrogens with one attached hydrogen (secondary N) is 1. The van der Waals surface area contributed by atoms with Crippen LogP contribution in [0.4, 0.5) is 10.3 Å². The topological polar surface area (TPSA) is 76.5 Å². The number of halogens is 1. The van der Waals surface area contributed by atoms with Gasteiger partial charge in [-0.3, -0.25) is 19.5 Å². The number of amides is 2. The van der Waals surface area contributed by atoms with Gasteiger partial charge >= 0.3 is 0 Å². The lowest BCUT2D eigenvalue weighted by atomic mass is 10.1. The highest BCUT2D eigenvalue weighted by Crippen LogP contribution is 2.27. The number of ether oxygens (including phenoxy) is 1. The molecule has 0 aliphatic heterocycles. The minimum atomic E-state index is -0.425. The van der Waals surface area contributed by atoms with Crippen molar-refractivity contribution in [3.05, 3.63) is 95.4 Å². The van der Waals surface area contributed by atoms with E-state index >= 15 is 0 Å². The highest BCUT2D eigenvalue weighted by atomic mass is 19.1. The zero-order valence-corrected chi connectivity index (χ0v) is 22.9. The van der Waals surface area contributed by atoms with E-state index in [2.05, 4.69) is 5.32 Å². The minimum Gasteiger partial charge on any atom is -0.497 e. The molecule has 1 aromatic heterocycles. The van der Waals surface area contributed by atoms with Gasteiger partial charge in [0.25, 0.3) is 5.91 Å². The molecule has 0 radical (unpaired) electrons. The smallest absolute Gasteiger partial charge is 0.254 e. The van der Waals surface area contributed by atoms with Crippen LogP contribution in [-0.2, 0) is 4.79 Å². The number of methoxy groups -OCH3 is 1. The average molecular weight is 529 g/mol. The van der Waals surface area contributed by atoms with E-state index in [9.17, 15) is 14.0 Å². The van der Waals surface area contributed by atoms with Crippen LogP contribution in [0.25, 0.3) is 16.9 Å². The Labute approximate surface area is 228 Å². The summed E-state index contributed by atoms with van der Waals surface area (Å²) in [6, 6.07) is 18.9. The van der Waals surface area contributed by atoms with Gasteiger partial charge in [-0.2, -0.15) is 0 Å². The van der Waals surface area contributed by atoms with Gasteiger partial charge in [0.05, 0.1) is 12.8 Å². The van der Waals surface area contributed by atoms with Crippen LogP contribution in [0, 0.1) is 25.6 Å². The molecule has 0 aliphatic rings. The van der Waals surface area contributed by atoms with E-state index in [-0.39, 0.29) is 24.3 Å². The number of carbonyl (C=O) groups is 2. The number of carbonyl (C=O) groups excluding carboxylic acids is 2. The Morgan fingerprint density at radius 1 is 1.00 bits per heavy atom. The summed E-state index contributed by atoms with van der Waals surface area (Å²) in [5, 5.41) is 2.91. The SMILES string of the molecule is COc1ccc(-c2cn(-c3ccc(C)c(C)c3)c(NC(=O)CN(CC(C)C)C(=O)c3ccc(F)cc3)n2)cc1. The third kappa shape index (κ3) is 6.71. The molecular weight excluding hydrogens is 495 g/mol. The molecule has 0 bridgehead atoms. The second-order valence-electron chi connectivity index (χ2n) is 9.95. The van der Waals surface area contributed by atoms with Crippen molar-refractivity contribution in [1.82, 2.24) is 14.5 Å². The highest BCUT2D eigenvalue weighted by molar-refractivity contribution is 5.99. The van der Waals surface area contributed by atoms with Crippen molar-refractivity contribution in [2.75, 3.05) is 25.5 Å². The standard InChI is InChI=1S/C31H33FN4O3/c1-20(2)17-35(30(38)24-7-11-25(32)12-8-24)19-29(37)34-31-33-28(23-9-14-27(39-5)15-10-23)18-36(31)26-13-6-21(3)22(4)16-26/h6-16,18,20H,17,19H2,1-5H3,(H,33,34,37). The third-order valence-electron chi connectivity index (χ3n) is 6.41. The summed E-state index contributed by atoms with van der Waals surface area (Å²) >= 11 is 0. The summed E-state index contributed by atoms with van der Waals surface area (Å²) in [5.41, 5.74) is 4.97. The molecule has 8 heteroatoms. The second-order valence-corrected chi connectivity index (χ2v) is 9.95. The van der Waals surface area contributed by atoms with Gasteiger partial charge in [-0.1, -0.05) is 19.9 Å². The molecule has 0 atom stereocenters. The van der Waals surface area contributed by atoms with Gasteiger partial charge in [-0.15, -0.1) is 0 Å². The first-order chi connectivity index (χ1) is 18.6. The quantitative estimate of drug-likeness (QED) is 0.287. The van der Waals surface area contributed by atoms with Crippen molar-refractivity contribution in [1.29, 1.82) is 0 Å². The molecule has 202 valence electrons. The summed E-state index contributed by atoms with van der Waals surface area (Å²) < 4.78 is 20.5. The Bertz CT molecular complexity index is 1460. The van der Waals surface area contributed by atoms with Gasteiger partial charge in [-0.05, 0) is 91.6 Å². The molecule has 4 rings (SSSR count). The first-order valence-corrected chi connectivity index (χ1v) is 12.8. The molecule has 0 unspecified atom stereocenters. The molecule has 0 spiro atoms. The molecule has 2 amide bonds. The second kappa shape index (κ2) is 11.9. The van der Waals surface area contributed by atoms with Gasteiger partial charge < -0.3 is 9.64 Å². The van der Waals surface area contributed by atoms with Crippen molar-refractivity contribution in [3.63, 3.8) is 0 Å². The van der Waals surface area contributed by atoms with Crippen LogP contribution >= 0.6 is 0 Å². The fourth-order valence-electron chi connectivity index (χ4n) is 4.21. The largest absolute Gasteiger partial charge is 0.497 e. The number of hydrogen-bond acceptors (Lipinski definition) is 4. The molecular formula is C31H33FN4O3. The number of anilines is 1. The van der Waals surface area contributed by atoms with Crippen LogP contribution in [0.2, 0.25) is 0 Å². The number of hydrogen-bond donors (Lipinski definition) is 1. The van der Waals surface area contributed by atoms with E-state index in [4.69, 9.17) is 9.72 Å². The van der Waals surface area contributed by atoms with Gasteiger partial charge in [0, 0.05) is 29.6 Å². The number of aryl methyl sites for hydroxylation is 2.